The Kier molecular flexibility index (Phi) is 4.46. The molecule has 2 nitrogen and oxygen atoms in total. The van der Waals surface area contributed by atoms with Crippen LogP contribution in [0.1, 0.15) is 24.0 Å². The van der Waals surface area contributed by atoms with Crippen molar-refractivity contribution in [2.45, 2.75) is 31.1 Å². The first-order valence-corrected chi connectivity index (χ1v) is 7.29. The van der Waals surface area contributed by atoms with Gasteiger partial charge in [-0.3, -0.25) is 0 Å². The molecule has 94 valence electrons. The lowest BCUT2D eigenvalue weighted by Crippen LogP contribution is -2.30. The fourth-order valence-electron chi connectivity index (χ4n) is 2.20. The van der Waals surface area contributed by atoms with Crippen LogP contribution in [0.2, 0.25) is 0 Å². The Balaban J connectivity index is 2.16. The largest absolute Gasteiger partial charge is 0.383 e. The van der Waals surface area contributed by atoms with Crippen LogP contribution in [0.15, 0.2) is 18.2 Å². The third-order valence-electron chi connectivity index (χ3n) is 3.25. The molecule has 1 aromatic carbocycles. The normalized spacial score (nSPS) is 15.0. The van der Waals surface area contributed by atoms with Gasteiger partial charge in [-0.1, -0.05) is 28.1 Å². The molecular weight excluding hydrogens is 278 g/mol. The molecular formula is C14H20BrNO. The lowest BCUT2D eigenvalue weighted by atomic mass is 10.1. The summed E-state index contributed by atoms with van der Waals surface area (Å²) in [7, 11) is 1.77. The number of halogens is 1. The molecule has 0 amide bonds. The predicted molar refractivity (Wildman–Crippen MR) is 76.1 cm³/mol. The van der Waals surface area contributed by atoms with Gasteiger partial charge in [-0.2, -0.15) is 0 Å². The van der Waals surface area contributed by atoms with Crippen LogP contribution in [0.5, 0.6) is 0 Å². The van der Waals surface area contributed by atoms with E-state index >= 15 is 0 Å². The van der Waals surface area contributed by atoms with Crippen molar-refractivity contribution in [1.82, 2.24) is 0 Å². The van der Waals surface area contributed by atoms with E-state index < -0.39 is 0 Å². The van der Waals surface area contributed by atoms with Crippen molar-refractivity contribution in [3.05, 3.63) is 29.3 Å². The number of aryl methyl sites for hydroxylation is 1. The molecule has 3 heteroatoms. The molecule has 0 aromatic heterocycles. The molecule has 0 atom stereocenters. The number of rotatable bonds is 6. The summed E-state index contributed by atoms with van der Waals surface area (Å²) < 4.78 is 5.21. The van der Waals surface area contributed by atoms with Gasteiger partial charge in [-0.05, 0) is 37.0 Å². The van der Waals surface area contributed by atoms with Crippen LogP contribution in [-0.2, 0) is 10.1 Å². The zero-order chi connectivity index (χ0) is 12.3. The van der Waals surface area contributed by atoms with E-state index in [4.69, 9.17) is 4.74 Å². The van der Waals surface area contributed by atoms with E-state index in [-0.39, 0.29) is 0 Å². The second-order valence-electron chi connectivity index (χ2n) is 4.67. The van der Waals surface area contributed by atoms with Gasteiger partial charge in [0.1, 0.15) is 0 Å². The first-order valence-electron chi connectivity index (χ1n) is 6.17. The third kappa shape index (κ3) is 3.23. The zero-order valence-electron chi connectivity index (χ0n) is 10.6. The third-order valence-corrected chi connectivity index (χ3v) is 3.90. The summed E-state index contributed by atoms with van der Waals surface area (Å²) in [5.74, 6) is 0. The quantitative estimate of drug-likeness (QED) is 0.745. The van der Waals surface area contributed by atoms with Gasteiger partial charge in [0.25, 0.3) is 0 Å². The van der Waals surface area contributed by atoms with E-state index in [1.165, 1.54) is 29.7 Å². The van der Waals surface area contributed by atoms with Crippen molar-refractivity contribution < 1.29 is 4.74 Å². The molecule has 0 heterocycles. The zero-order valence-corrected chi connectivity index (χ0v) is 12.2. The number of benzene rings is 1. The minimum Gasteiger partial charge on any atom is -0.383 e. The maximum atomic E-state index is 5.21. The van der Waals surface area contributed by atoms with Gasteiger partial charge in [-0.25, -0.2) is 0 Å². The average Bonchev–Trinajstić information content (AvgIpc) is 3.15. The second kappa shape index (κ2) is 5.87. The van der Waals surface area contributed by atoms with E-state index in [2.05, 4.69) is 46.0 Å². The fourth-order valence-corrected chi connectivity index (χ4v) is 2.55. The van der Waals surface area contributed by atoms with E-state index in [0.717, 1.165) is 24.5 Å². The molecule has 0 aliphatic heterocycles. The number of hydrogen-bond donors (Lipinski definition) is 0. The van der Waals surface area contributed by atoms with Gasteiger partial charge in [-0.15, -0.1) is 0 Å². The summed E-state index contributed by atoms with van der Waals surface area (Å²) in [5, 5.41) is 0.926. The van der Waals surface area contributed by atoms with Crippen LogP contribution in [0, 0.1) is 6.92 Å². The number of alkyl halides is 1. The highest BCUT2D eigenvalue weighted by molar-refractivity contribution is 9.08. The minimum absolute atomic E-state index is 0.735. The minimum atomic E-state index is 0.735. The molecule has 0 saturated heterocycles. The van der Waals surface area contributed by atoms with E-state index in [0.29, 0.717) is 0 Å². The summed E-state index contributed by atoms with van der Waals surface area (Å²) in [6, 6.07) is 7.46. The Morgan fingerprint density at radius 1 is 1.41 bits per heavy atom. The van der Waals surface area contributed by atoms with Crippen LogP contribution in [0.4, 0.5) is 5.69 Å². The van der Waals surface area contributed by atoms with Crippen molar-refractivity contribution in [3.8, 4) is 0 Å². The maximum Gasteiger partial charge on any atom is 0.0637 e. The van der Waals surface area contributed by atoms with Crippen molar-refractivity contribution in [2.75, 3.05) is 25.2 Å². The van der Waals surface area contributed by atoms with Gasteiger partial charge in [0.15, 0.2) is 0 Å². The van der Waals surface area contributed by atoms with Crippen molar-refractivity contribution in [3.63, 3.8) is 0 Å². The second-order valence-corrected chi connectivity index (χ2v) is 5.23. The first-order chi connectivity index (χ1) is 8.26. The smallest absolute Gasteiger partial charge is 0.0637 e. The van der Waals surface area contributed by atoms with Crippen molar-refractivity contribution in [2.24, 2.45) is 0 Å². The lowest BCUT2D eigenvalue weighted by molar-refractivity contribution is 0.205. The molecule has 1 fully saturated rings. The topological polar surface area (TPSA) is 12.5 Å². The highest BCUT2D eigenvalue weighted by Crippen LogP contribution is 2.33. The van der Waals surface area contributed by atoms with Crippen LogP contribution in [0.3, 0.4) is 0 Å². The molecule has 17 heavy (non-hydrogen) atoms. The Bertz CT molecular complexity index is 376. The SMILES string of the molecule is COCCN(c1ccc(CBr)cc1C)C1CC1. The van der Waals surface area contributed by atoms with Gasteiger partial charge >= 0.3 is 0 Å². The van der Waals surface area contributed by atoms with Gasteiger partial charge < -0.3 is 9.64 Å². The number of ether oxygens (including phenoxy) is 1. The summed E-state index contributed by atoms with van der Waals surface area (Å²) in [4.78, 5) is 2.50. The highest BCUT2D eigenvalue weighted by atomic mass is 79.9. The number of anilines is 1. The molecule has 0 spiro atoms. The molecule has 0 N–H and O–H groups in total. The van der Waals surface area contributed by atoms with Crippen LogP contribution < -0.4 is 4.90 Å². The summed E-state index contributed by atoms with van der Waals surface area (Å²) in [6.45, 7) is 4.00. The van der Waals surface area contributed by atoms with Crippen LogP contribution >= 0.6 is 15.9 Å². The first kappa shape index (κ1) is 12.9. The molecule has 0 unspecified atom stereocenters. The van der Waals surface area contributed by atoms with Crippen molar-refractivity contribution >= 4 is 21.6 Å². The summed E-state index contributed by atoms with van der Waals surface area (Å²) >= 11 is 3.50. The molecule has 1 saturated carbocycles. The van der Waals surface area contributed by atoms with Gasteiger partial charge in [0.05, 0.1) is 6.61 Å². The number of methoxy groups -OCH3 is 1. The molecule has 1 aromatic rings. The highest BCUT2D eigenvalue weighted by Gasteiger charge is 2.29. The Morgan fingerprint density at radius 3 is 2.71 bits per heavy atom. The van der Waals surface area contributed by atoms with Gasteiger partial charge in [0.2, 0.25) is 0 Å². The predicted octanol–water partition coefficient (Wildman–Crippen LogP) is 3.51. The number of nitrogens with zero attached hydrogens (tertiary/aromatic N) is 1. The standard InChI is InChI=1S/C14H20BrNO/c1-11-9-12(10-15)3-6-14(11)16(7-8-17-2)13-4-5-13/h3,6,9,13H,4-5,7-8,10H2,1-2H3. The summed E-state index contributed by atoms with van der Waals surface area (Å²) in [6.07, 6.45) is 2.65. The Labute approximate surface area is 112 Å². The van der Waals surface area contributed by atoms with Crippen molar-refractivity contribution in [1.29, 1.82) is 0 Å². The van der Waals surface area contributed by atoms with E-state index in [1.807, 2.05) is 0 Å². The summed E-state index contributed by atoms with van der Waals surface area (Å²) in [5.41, 5.74) is 4.08. The monoisotopic (exact) mass is 297 g/mol. The number of hydrogen-bond acceptors (Lipinski definition) is 2. The van der Waals surface area contributed by atoms with E-state index in [9.17, 15) is 0 Å². The molecule has 2 rings (SSSR count). The lowest BCUT2D eigenvalue weighted by Gasteiger charge is -2.26. The molecule has 1 aliphatic carbocycles. The molecule has 0 bridgehead atoms. The van der Waals surface area contributed by atoms with Crippen LogP contribution in [-0.4, -0.2) is 26.3 Å². The fraction of sp³-hybridized carbons (Fsp3) is 0.571. The molecule has 1 aliphatic rings. The maximum absolute atomic E-state index is 5.21. The Morgan fingerprint density at radius 2 is 2.18 bits per heavy atom. The van der Waals surface area contributed by atoms with E-state index in [1.54, 1.807) is 7.11 Å². The molecule has 0 radical (unpaired) electrons. The Hall–Kier alpha value is -0.540. The van der Waals surface area contributed by atoms with Crippen LogP contribution in [0.25, 0.3) is 0 Å². The van der Waals surface area contributed by atoms with Gasteiger partial charge in [0, 0.05) is 30.7 Å². The average molecular weight is 298 g/mol.